The first kappa shape index (κ1) is 23.9. The number of hydrogen-bond acceptors (Lipinski definition) is 5. The Labute approximate surface area is 208 Å². The summed E-state index contributed by atoms with van der Waals surface area (Å²) in [4.78, 5) is 12.7. The van der Waals surface area contributed by atoms with Gasteiger partial charge in [-0.05, 0) is 61.7 Å². The summed E-state index contributed by atoms with van der Waals surface area (Å²) in [6, 6.07) is 21.5. The highest BCUT2D eigenvalue weighted by molar-refractivity contribution is 7.99. The zero-order valence-electron chi connectivity index (χ0n) is 19.2. The third-order valence-electron chi connectivity index (χ3n) is 5.19. The molecule has 0 aliphatic rings. The number of amides is 1. The maximum atomic E-state index is 12.7. The van der Waals surface area contributed by atoms with Gasteiger partial charge in [0.05, 0.1) is 16.5 Å². The van der Waals surface area contributed by atoms with Gasteiger partial charge in [-0.3, -0.25) is 9.36 Å². The van der Waals surface area contributed by atoms with E-state index in [-0.39, 0.29) is 18.3 Å². The molecule has 1 N–H and O–H groups in total. The standard InChI is InChI=1S/C26H25ClN4O2S/c1-17-13-19(3)25(21(27)14-17)28-24(32)16-34-26-30-29-23(31(26)20-10-5-4-6-11-20)15-33-22-12-8-7-9-18(22)2/h4-14H,15-16H2,1-3H3,(H,28,32). The minimum Gasteiger partial charge on any atom is -0.485 e. The number of halogens is 1. The predicted octanol–water partition coefficient (Wildman–Crippen LogP) is 6.16. The van der Waals surface area contributed by atoms with Gasteiger partial charge in [-0.25, -0.2) is 0 Å². The molecule has 1 heterocycles. The van der Waals surface area contributed by atoms with Crippen molar-refractivity contribution in [2.45, 2.75) is 32.5 Å². The number of aryl methyl sites for hydroxylation is 3. The van der Waals surface area contributed by atoms with E-state index in [0.717, 1.165) is 28.1 Å². The van der Waals surface area contributed by atoms with Gasteiger partial charge in [-0.15, -0.1) is 10.2 Å². The first-order valence-corrected chi connectivity index (χ1v) is 12.2. The van der Waals surface area contributed by atoms with Gasteiger partial charge in [-0.1, -0.05) is 65.8 Å². The van der Waals surface area contributed by atoms with Crippen molar-refractivity contribution in [3.05, 3.63) is 94.3 Å². The van der Waals surface area contributed by atoms with E-state index in [4.69, 9.17) is 16.3 Å². The Kier molecular flexibility index (Phi) is 7.55. The van der Waals surface area contributed by atoms with Crippen molar-refractivity contribution >= 4 is 35.0 Å². The third kappa shape index (κ3) is 5.61. The van der Waals surface area contributed by atoms with Crippen LogP contribution in [0.5, 0.6) is 5.75 Å². The number of ether oxygens (including phenoxy) is 1. The van der Waals surface area contributed by atoms with Crippen LogP contribution >= 0.6 is 23.4 Å². The first-order valence-electron chi connectivity index (χ1n) is 10.8. The number of hydrogen-bond donors (Lipinski definition) is 1. The van der Waals surface area contributed by atoms with Crippen LogP contribution in [0.3, 0.4) is 0 Å². The van der Waals surface area contributed by atoms with E-state index in [1.807, 2.05) is 92.1 Å². The summed E-state index contributed by atoms with van der Waals surface area (Å²) in [6.07, 6.45) is 0. The van der Waals surface area contributed by atoms with E-state index >= 15 is 0 Å². The number of thioether (sulfide) groups is 1. The Bertz CT molecular complexity index is 1280. The molecule has 34 heavy (non-hydrogen) atoms. The fraction of sp³-hybridized carbons (Fsp3) is 0.192. The molecule has 6 nitrogen and oxygen atoms in total. The normalized spacial score (nSPS) is 10.8. The number of rotatable bonds is 8. The molecule has 0 aliphatic carbocycles. The fourth-order valence-corrected chi connectivity index (χ4v) is 4.70. The van der Waals surface area contributed by atoms with Crippen LogP contribution in [-0.2, 0) is 11.4 Å². The molecule has 0 atom stereocenters. The van der Waals surface area contributed by atoms with Crippen LogP contribution in [-0.4, -0.2) is 26.4 Å². The number of nitrogens with one attached hydrogen (secondary N) is 1. The van der Waals surface area contributed by atoms with Crippen LogP contribution in [0, 0.1) is 20.8 Å². The molecule has 1 amide bonds. The van der Waals surface area contributed by atoms with E-state index in [1.165, 1.54) is 11.8 Å². The molecule has 4 rings (SSSR count). The molecule has 0 unspecified atom stereocenters. The van der Waals surface area contributed by atoms with Crippen LogP contribution in [0.15, 0.2) is 71.9 Å². The van der Waals surface area contributed by atoms with Gasteiger partial charge in [0.25, 0.3) is 0 Å². The molecular formula is C26H25ClN4O2S. The number of carbonyl (C=O) groups is 1. The number of anilines is 1. The fourth-order valence-electron chi connectivity index (χ4n) is 3.56. The van der Waals surface area contributed by atoms with Crippen LogP contribution < -0.4 is 10.1 Å². The predicted molar refractivity (Wildman–Crippen MR) is 137 cm³/mol. The lowest BCUT2D eigenvalue weighted by atomic mass is 10.1. The first-order chi connectivity index (χ1) is 16.4. The summed E-state index contributed by atoms with van der Waals surface area (Å²) >= 11 is 7.65. The molecule has 0 bridgehead atoms. The number of benzene rings is 3. The van der Waals surface area contributed by atoms with Gasteiger partial charge in [0.15, 0.2) is 11.0 Å². The van der Waals surface area contributed by atoms with Crippen molar-refractivity contribution in [2.24, 2.45) is 0 Å². The SMILES string of the molecule is Cc1cc(C)c(NC(=O)CSc2nnc(COc3ccccc3C)n2-c2ccccc2)c(Cl)c1. The van der Waals surface area contributed by atoms with Gasteiger partial charge in [-0.2, -0.15) is 0 Å². The smallest absolute Gasteiger partial charge is 0.234 e. The number of nitrogens with zero attached hydrogens (tertiary/aromatic N) is 3. The minimum atomic E-state index is -0.167. The molecule has 0 aliphatic heterocycles. The lowest BCUT2D eigenvalue weighted by Gasteiger charge is -2.13. The van der Waals surface area contributed by atoms with Crippen molar-refractivity contribution in [3.8, 4) is 11.4 Å². The van der Waals surface area contributed by atoms with Crippen molar-refractivity contribution in [2.75, 3.05) is 11.1 Å². The molecule has 0 saturated carbocycles. The molecule has 0 radical (unpaired) electrons. The lowest BCUT2D eigenvalue weighted by molar-refractivity contribution is -0.113. The Balaban J connectivity index is 1.51. The quantitative estimate of drug-likeness (QED) is 0.298. The summed E-state index contributed by atoms with van der Waals surface area (Å²) in [6.45, 7) is 6.14. The van der Waals surface area contributed by atoms with Crippen LogP contribution in [0.4, 0.5) is 5.69 Å². The van der Waals surface area contributed by atoms with Gasteiger partial charge >= 0.3 is 0 Å². The van der Waals surface area contributed by atoms with E-state index in [0.29, 0.717) is 21.7 Å². The Morgan fingerprint density at radius 2 is 1.74 bits per heavy atom. The van der Waals surface area contributed by atoms with Gasteiger partial charge in [0, 0.05) is 5.69 Å². The summed E-state index contributed by atoms with van der Waals surface area (Å²) in [5, 5.41) is 12.7. The summed E-state index contributed by atoms with van der Waals surface area (Å²) in [7, 11) is 0. The Morgan fingerprint density at radius 1 is 1.00 bits per heavy atom. The second-order valence-electron chi connectivity index (χ2n) is 7.90. The second kappa shape index (κ2) is 10.8. The van der Waals surface area contributed by atoms with Crippen molar-refractivity contribution < 1.29 is 9.53 Å². The molecule has 174 valence electrons. The van der Waals surface area contributed by atoms with E-state index in [2.05, 4.69) is 15.5 Å². The van der Waals surface area contributed by atoms with Gasteiger partial charge in [0.2, 0.25) is 5.91 Å². The molecule has 8 heteroatoms. The number of carbonyl (C=O) groups excluding carboxylic acids is 1. The number of aromatic nitrogens is 3. The van der Waals surface area contributed by atoms with Crippen LogP contribution in [0.1, 0.15) is 22.5 Å². The van der Waals surface area contributed by atoms with E-state index in [1.54, 1.807) is 0 Å². The molecule has 3 aromatic carbocycles. The van der Waals surface area contributed by atoms with Crippen LogP contribution in [0.25, 0.3) is 5.69 Å². The maximum Gasteiger partial charge on any atom is 0.234 e. The molecule has 0 spiro atoms. The molecule has 4 aromatic rings. The number of para-hydroxylation sites is 2. The zero-order chi connectivity index (χ0) is 24.1. The molecule has 1 aromatic heterocycles. The van der Waals surface area contributed by atoms with Crippen molar-refractivity contribution in [3.63, 3.8) is 0 Å². The molecule has 0 fully saturated rings. The van der Waals surface area contributed by atoms with Gasteiger partial charge < -0.3 is 10.1 Å². The average Bonchev–Trinajstić information content (AvgIpc) is 3.23. The van der Waals surface area contributed by atoms with Crippen molar-refractivity contribution in [1.82, 2.24) is 14.8 Å². The summed E-state index contributed by atoms with van der Waals surface area (Å²) < 4.78 is 7.93. The molecule has 0 saturated heterocycles. The zero-order valence-corrected chi connectivity index (χ0v) is 20.8. The molecular weight excluding hydrogens is 468 g/mol. The van der Waals surface area contributed by atoms with Gasteiger partial charge in [0.1, 0.15) is 12.4 Å². The lowest BCUT2D eigenvalue weighted by Crippen LogP contribution is -2.16. The highest BCUT2D eigenvalue weighted by Gasteiger charge is 2.17. The van der Waals surface area contributed by atoms with E-state index in [9.17, 15) is 4.79 Å². The Hall–Kier alpha value is -3.29. The maximum absolute atomic E-state index is 12.7. The van der Waals surface area contributed by atoms with E-state index < -0.39 is 0 Å². The highest BCUT2D eigenvalue weighted by Crippen LogP contribution is 2.28. The monoisotopic (exact) mass is 492 g/mol. The largest absolute Gasteiger partial charge is 0.485 e. The second-order valence-corrected chi connectivity index (χ2v) is 9.25. The minimum absolute atomic E-state index is 0.160. The topological polar surface area (TPSA) is 69.0 Å². The summed E-state index contributed by atoms with van der Waals surface area (Å²) in [5.74, 6) is 1.44. The average molecular weight is 493 g/mol. The van der Waals surface area contributed by atoms with Crippen molar-refractivity contribution in [1.29, 1.82) is 0 Å². The third-order valence-corrected chi connectivity index (χ3v) is 6.42. The highest BCUT2D eigenvalue weighted by atomic mass is 35.5. The summed E-state index contributed by atoms with van der Waals surface area (Å²) in [5.41, 5.74) is 4.55. The Morgan fingerprint density at radius 3 is 2.47 bits per heavy atom. The van der Waals surface area contributed by atoms with Crippen LogP contribution in [0.2, 0.25) is 5.02 Å².